The molecular weight excluding hydrogens is 172 g/mol. The predicted molar refractivity (Wildman–Crippen MR) is 45.8 cm³/mol. The molecule has 0 aliphatic carbocycles. The maximum Gasteiger partial charge on any atom is 0.234 e. The molecule has 1 aliphatic heterocycles. The molecule has 1 fully saturated rings. The molecule has 1 amide bonds. The molecule has 5 nitrogen and oxygen atoms in total. The van der Waals surface area contributed by atoms with Crippen LogP contribution in [0.3, 0.4) is 0 Å². The monoisotopic (exact) mass is 186 g/mol. The average Bonchev–Trinajstić information content (AvgIpc) is 2.16. The van der Waals surface area contributed by atoms with Gasteiger partial charge in [-0.2, -0.15) is 0 Å². The van der Waals surface area contributed by atoms with Crippen molar-refractivity contribution >= 4 is 12.2 Å². The van der Waals surface area contributed by atoms with Crippen LogP contribution < -0.4 is 5.43 Å². The van der Waals surface area contributed by atoms with Gasteiger partial charge in [0.05, 0.1) is 13.2 Å². The molecule has 1 saturated heterocycles. The van der Waals surface area contributed by atoms with Crippen LogP contribution in [0.25, 0.3) is 0 Å². The predicted octanol–water partition coefficient (Wildman–Crippen LogP) is -0.671. The molecule has 0 aromatic heterocycles. The number of carbonyl (C=O) groups is 2. The second-order valence-electron chi connectivity index (χ2n) is 2.84. The van der Waals surface area contributed by atoms with Crippen LogP contribution in [-0.4, -0.2) is 43.5 Å². The molecule has 74 valence electrons. The molecule has 5 heteroatoms. The van der Waals surface area contributed by atoms with Crippen LogP contribution in [0.5, 0.6) is 0 Å². The number of hydrazine groups is 1. The van der Waals surface area contributed by atoms with E-state index < -0.39 is 0 Å². The lowest BCUT2D eigenvalue weighted by Crippen LogP contribution is -2.48. The summed E-state index contributed by atoms with van der Waals surface area (Å²) in [4.78, 5) is 21.1. The van der Waals surface area contributed by atoms with Crippen molar-refractivity contribution in [1.29, 1.82) is 0 Å². The molecule has 0 bridgehead atoms. The highest BCUT2D eigenvalue weighted by Crippen LogP contribution is 1.93. The fourth-order valence-electron chi connectivity index (χ4n) is 1.10. The molecule has 0 aromatic rings. The summed E-state index contributed by atoms with van der Waals surface area (Å²) in [6, 6.07) is 0. The Kier molecular flexibility index (Phi) is 4.42. The van der Waals surface area contributed by atoms with E-state index in [1.165, 1.54) is 0 Å². The molecule has 0 saturated carbocycles. The Morgan fingerprint density at radius 3 is 2.77 bits per heavy atom. The first-order valence-corrected chi connectivity index (χ1v) is 4.39. The Labute approximate surface area is 77.0 Å². The van der Waals surface area contributed by atoms with E-state index in [0.717, 1.165) is 6.29 Å². The second kappa shape index (κ2) is 5.66. The number of aldehydes is 1. The summed E-state index contributed by atoms with van der Waals surface area (Å²) in [6.07, 6.45) is 1.30. The zero-order chi connectivity index (χ0) is 9.52. The standard InChI is InChI=1S/C8H14N2O3/c11-5-1-2-8(12)9-10-3-6-13-7-4-10/h5H,1-4,6-7H2,(H,9,12). The third-order valence-corrected chi connectivity index (χ3v) is 1.78. The highest BCUT2D eigenvalue weighted by atomic mass is 16.5. The number of nitrogens with one attached hydrogen (secondary N) is 1. The van der Waals surface area contributed by atoms with E-state index in [1.807, 2.05) is 5.01 Å². The Morgan fingerprint density at radius 1 is 1.46 bits per heavy atom. The van der Waals surface area contributed by atoms with Crippen LogP contribution in [0.4, 0.5) is 0 Å². The van der Waals surface area contributed by atoms with E-state index in [0.29, 0.717) is 26.3 Å². The van der Waals surface area contributed by atoms with Gasteiger partial charge in [-0.15, -0.1) is 0 Å². The number of hydrogen-bond acceptors (Lipinski definition) is 4. The zero-order valence-electron chi connectivity index (χ0n) is 7.49. The van der Waals surface area contributed by atoms with Crippen LogP contribution in [0.1, 0.15) is 12.8 Å². The Balaban J connectivity index is 2.14. The van der Waals surface area contributed by atoms with Gasteiger partial charge in [-0.1, -0.05) is 0 Å². The van der Waals surface area contributed by atoms with Gasteiger partial charge in [-0.25, -0.2) is 5.01 Å². The maximum atomic E-state index is 11.1. The van der Waals surface area contributed by atoms with Crippen LogP contribution >= 0.6 is 0 Å². The van der Waals surface area contributed by atoms with E-state index in [4.69, 9.17) is 4.74 Å². The summed E-state index contributed by atoms with van der Waals surface area (Å²) in [7, 11) is 0. The van der Waals surface area contributed by atoms with Gasteiger partial charge in [-0.05, 0) is 0 Å². The SMILES string of the molecule is O=CCCC(=O)NN1CCOCC1. The molecule has 1 N–H and O–H groups in total. The first kappa shape index (κ1) is 10.1. The summed E-state index contributed by atoms with van der Waals surface area (Å²) in [5.41, 5.74) is 2.71. The van der Waals surface area contributed by atoms with Gasteiger partial charge >= 0.3 is 0 Å². The van der Waals surface area contributed by atoms with Gasteiger partial charge in [0.25, 0.3) is 0 Å². The number of carbonyl (C=O) groups excluding carboxylic acids is 2. The third kappa shape index (κ3) is 4.00. The van der Waals surface area contributed by atoms with E-state index in [2.05, 4.69) is 5.43 Å². The van der Waals surface area contributed by atoms with Crippen molar-refractivity contribution in [1.82, 2.24) is 10.4 Å². The Morgan fingerprint density at radius 2 is 2.15 bits per heavy atom. The number of amides is 1. The molecular formula is C8H14N2O3. The molecule has 0 aromatic carbocycles. The van der Waals surface area contributed by atoms with Crippen molar-refractivity contribution in [2.24, 2.45) is 0 Å². The minimum Gasteiger partial charge on any atom is -0.379 e. The molecule has 0 unspecified atom stereocenters. The fourth-order valence-corrected chi connectivity index (χ4v) is 1.10. The summed E-state index contributed by atoms with van der Waals surface area (Å²) in [6.45, 7) is 2.72. The fraction of sp³-hybridized carbons (Fsp3) is 0.750. The lowest BCUT2D eigenvalue weighted by Gasteiger charge is -2.26. The van der Waals surface area contributed by atoms with Crippen molar-refractivity contribution in [2.75, 3.05) is 26.3 Å². The van der Waals surface area contributed by atoms with Crippen molar-refractivity contribution in [3.05, 3.63) is 0 Å². The van der Waals surface area contributed by atoms with Crippen LogP contribution in [0, 0.1) is 0 Å². The number of hydrogen-bond donors (Lipinski definition) is 1. The van der Waals surface area contributed by atoms with E-state index in [9.17, 15) is 9.59 Å². The molecule has 1 rings (SSSR count). The van der Waals surface area contributed by atoms with E-state index in [1.54, 1.807) is 0 Å². The van der Waals surface area contributed by atoms with Crippen molar-refractivity contribution in [3.8, 4) is 0 Å². The lowest BCUT2D eigenvalue weighted by atomic mass is 10.3. The summed E-state index contributed by atoms with van der Waals surface area (Å²) in [5, 5.41) is 1.82. The van der Waals surface area contributed by atoms with Gasteiger partial charge in [0.15, 0.2) is 0 Å². The zero-order valence-corrected chi connectivity index (χ0v) is 7.49. The summed E-state index contributed by atoms with van der Waals surface area (Å²) >= 11 is 0. The largest absolute Gasteiger partial charge is 0.379 e. The maximum absolute atomic E-state index is 11.1. The average molecular weight is 186 g/mol. The molecule has 0 radical (unpaired) electrons. The Bertz CT molecular complexity index is 178. The van der Waals surface area contributed by atoms with Crippen LogP contribution in [0.2, 0.25) is 0 Å². The van der Waals surface area contributed by atoms with Crippen molar-refractivity contribution < 1.29 is 14.3 Å². The molecule has 1 heterocycles. The van der Waals surface area contributed by atoms with Crippen LogP contribution in [0.15, 0.2) is 0 Å². The van der Waals surface area contributed by atoms with Crippen molar-refractivity contribution in [3.63, 3.8) is 0 Å². The highest BCUT2D eigenvalue weighted by Gasteiger charge is 2.12. The summed E-state index contributed by atoms with van der Waals surface area (Å²) in [5.74, 6) is -0.103. The molecule has 0 spiro atoms. The Hall–Kier alpha value is -0.940. The molecule has 0 atom stereocenters. The second-order valence-corrected chi connectivity index (χ2v) is 2.84. The van der Waals surface area contributed by atoms with Gasteiger partial charge in [-0.3, -0.25) is 10.2 Å². The first-order chi connectivity index (χ1) is 6.33. The van der Waals surface area contributed by atoms with Crippen molar-refractivity contribution in [2.45, 2.75) is 12.8 Å². The molecule has 1 aliphatic rings. The van der Waals surface area contributed by atoms with Gasteiger partial charge < -0.3 is 9.53 Å². The van der Waals surface area contributed by atoms with Crippen LogP contribution in [-0.2, 0) is 14.3 Å². The van der Waals surface area contributed by atoms with Gasteiger partial charge in [0.1, 0.15) is 6.29 Å². The number of morpholine rings is 1. The topological polar surface area (TPSA) is 58.6 Å². The lowest BCUT2D eigenvalue weighted by molar-refractivity contribution is -0.129. The van der Waals surface area contributed by atoms with E-state index in [-0.39, 0.29) is 18.7 Å². The van der Waals surface area contributed by atoms with E-state index >= 15 is 0 Å². The number of rotatable bonds is 4. The van der Waals surface area contributed by atoms with Gasteiger partial charge in [0, 0.05) is 25.9 Å². The smallest absolute Gasteiger partial charge is 0.234 e. The van der Waals surface area contributed by atoms with Gasteiger partial charge in [0.2, 0.25) is 5.91 Å². The first-order valence-electron chi connectivity index (χ1n) is 4.39. The quantitative estimate of drug-likeness (QED) is 0.591. The normalized spacial score (nSPS) is 18.2. The molecule has 13 heavy (non-hydrogen) atoms. The highest BCUT2D eigenvalue weighted by molar-refractivity contribution is 5.77. The third-order valence-electron chi connectivity index (χ3n) is 1.78. The number of ether oxygens (including phenoxy) is 1. The summed E-state index contributed by atoms with van der Waals surface area (Å²) < 4.78 is 5.11. The number of nitrogens with zero attached hydrogens (tertiary/aromatic N) is 1. The minimum atomic E-state index is -0.103. The minimum absolute atomic E-state index is 0.103.